The van der Waals surface area contributed by atoms with E-state index in [4.69, 9.17) is 5.73 Å². The van der Waals surface area contributed by atoms with Crippen LogP contribution >= 0.6 is 15.9 Å². The van der Waals surface area contributed by atoms with E-state index in [0.29, 0.717) is 6.54 Å². The Balaban J connectivity index is 2.51. The standard InChI is InChI=1S/C12H10BrN3/c13-11-3-1-2-10-9(11)4-5-16-8(6-14)7-15-12(10)16/h1-5,7H,6,14H2. The zero-order chi connectivity index (χ0) is 11.1. The van der Waals surface area contributed by atoms with Gasteiger partial charge in [-0.1, -0.05) is 28.1 Å². The first-order valence-corrected chi connectivity index (χ1v) is 5.84. The summed E-state index contributed by atoms with van der Waals surface area (Å²) in [5.41, 5.74) is 7.65. The molecule has 3 nitrogen and oxygen atoms in total. The summed E-state index contributed by atoms with van der Waals surface area (Å²) in [4.78, 5) is 4.42. The lowest BCUT2D eigenvalue weighted by Gasteiger charge is -2.04. The Morgan fingerprint density at radius 3 is 2.94 bits per heavy atom. The van der Waals surface area contributed by atoms with Gasteiger partial charge in [0.05, 0.1) is 11.9 Å². The van der Waals surface area contributed by atoms with E-state index >= 15 is 0 Å². The first-order valence-electron chi connectivity index (χ1n) is 5.04. The number of hydrogen-bond donors (Lipinski definition) is 1. The summed E-state index contributed by atoms with van der Waals surface area (Å²) >= 11 is 3.54. The second-order valence-electron chi connectivity index (χ2n) is 3.66. The number of nitrogens with zero attached hydrogens (tertiary/aromatic N) is 2. The van der Waals surface area contributed by atoms with Crippen LogP contribution < -0.4 is 5.73 Å². The van der Waals surface area contributed by atoms with E-state index in [0.717, 1.165) is 21.2 Å². The highest BCUT2D eigenvalue weighted by Gasteiger charge is 2.06. The number of nitrogens with two attached hydrogens (primary N) is 1. The van der Waals surface area contributed by atoms with Crippen molar-refractivity contribution in [1.82, 2.24) is 9.38 Å². The Morgan fingerprint density at radius 1 is 1.25 bits per heavy atom. The van der Waals surface area contributed by atoms with Crippen molar-refractivity contribution in [3.05, 3.63) is 46.8 Å². The summed E-state index contributed by atoms with van der Waals surface area (Å²) in [5.74, 6) is 0. The molecule has 0 amide bonds. The summed E-state index contributed by atoms with van der Waals surface area (Å²) in [6.07, 6.45) is 3.84. The van der Waals surface area contributed by atoms with E-state index < -0.39 is 0 Å². The third-order valence-electron chi connectivity index (χ3n) is 2.77. The molecular weight excluding hydrogens is 266 g/mol. The van der Waals surface area contributed by atoms with Gasteiger partial charge in [0.25, 0.3) is 0 Å². The summed E-state index contributed by atoms with van der Waals surface area (Å²) in [7, 11) is 0. The van der Waals surface area contributed by atoms with Crippen molar-refractivity contribution in [2.75, 3.05) is 0 Å². The number of rotatable bonds is 1. The van der Waals surface area contributed by atoms with Crippen LogP contribution in [0.5, 0.6) is 0 Å². The number of hydrogen-bond acceptors (Lipinski definition) is 2. The molecule has 16 heavy (non-hydrogen) atoms. The zero-order valence-corrected chi connectivity index (χ0v) is 10.1. The van der Waals surface area contributed by atoms with Gasteiger partial charge in [0.1, 0.15) is 5.65 Å². The van der Waals surface area contributed by atoms with Gasteiger partial charge in [-0.15, -0.1) is 0 Å². The summed E-state index contributed by atoms with van der Waals surface area (Å²) in [5, 5.41) is 2.31. The van der Waals surface area contributed by atoms with E-state index in [9.17, 15) is 0 Å². The number of imidazole rings is 1. The zero-order valence-electron chi connectivity index (χ0n) is 8.52. The fourth-order valence-electron chi connectivity index (χ4n) is 1.96. The molecule has 2 heterocycles. The molecule has 2 aromatic heterocycles. The van der Waals surface area contributed by atoms with Gasteiger partial charge >= 0.3 is 0 Å². The normalized spacial score (nSPS) is 11.4. The SMILES string of the molecule is NCc1cnc2c3cccc(Br)c3ccn12. The molecule has 80 valence electrons. The first-order chi connectivity index (χ1) is 7.81. The minimum absolute atomic E-state index is 0.501. The lowest BCUT2D eigenvalue weighted by Crippen LogP contribution is -2.00. The van der Waals surface area contributed by atoms with E-state index in [-0.39, 0.29) is 0 Å². The third-order valence-corrected chi connectivity index (χ3v) is 3.46. The van der Waals surface area contributed by atoms with Crippen LogP contribution in [0.2, 0.25) is 0 Å². The average molecular weight is 276 g/mol. The van der Waals surface area contributed by atoms with Crippen LogP contribution in [-0.2, 0) is 6.54 Å². The van der Waals surface area contributed by atoms with E-state index in [1.54, 1.807) is 0 Å². The Bertz CT molecular complexity index is 672. The smallest absolute Gasteiger partial charge is 0.144 e. The molecular formula is C12H10BrN3. The second-order valence-corrected chi connectivity index (χ2v) is 4.52. The molecule has 0 fully saturated rings. The highest BCUT2D eigenvalue weighted by molar-refractivity contribution is 9.10. The van der Waals surface area contributed by atoms with Gasteiger partial charge in [0, 0.05) is 28.0 Å². The quantitative estimate of drug-likeness (QED) is 0.742. The highest BCUT2D eigenvalue weighted by Crippen LogP contribution is 2.26. The molecule has 0 spiro atoms. The number of pyridine rings is 1. The third kappa shape index (κ3) is 1.27. The van der Waals surface area contributed by atoms with Gasteiger partial charge in [-0.2, -0.15) is 0 Å². The molecule has 0 atom stereocenters. The maximum atomic E-state index is 5.66. The topological polar surface area (TPSA) is 43.3 Å². The van der Waals surface area contributed by atoms with Crippen LogP contribution in [0.3, 0.4) is 0 Å². The molecule has 0 unspecified atom stereocenters. The van der Waals surface area contributed by atoms with Crippen molar-refractivity contribution in [2.24, 2.45) is 5.73 Å². The summed E-state index contributed by atoms with van der Waals surface area (Å²) in [6, 6.07) is 8.20. The van der Waals surface area contributed by atoms with Gasteiger partial charge in [-0.3, -0.25) is 0 Å². The Labute approximate surface area is 101 Å². The Kier molecular flexibility index (Phi) is 2.19. The van der Waals surface area contributed by atoms with Crippen LogP contribution in [0.15, 0.2) is 41.1 Å². The fraction of sp³-hybridized carbons (Fsp3) is 0.0833. The lowest BCUT2D eigenvalue weighted by atomic mass is 10.2. The van der Waals surface area contributed by atoms with Crippen LogP contribution in [0.25, 0.3) is 16.4 Å². The minimum Gasteiger partial charge on any atom is -0.325 e. The number of aromatic nitrogens is 2. The molecule has 3 aromatic rings. The van der Waals surface area contributed by atoms with Crippen LogP contribution in [0.1, 0.15) is 5.69 Å². The molecule has 4 heteroatoms. The van der Waals surface area contributed by atoms with Gasteiger partial charge in [0.2, 0.25) is 0 Å². The average Bonchev–Trinajstić information content (AvgIpc) is 2.72. The lowest BCUT2D eigenvalue weighted by molar-refractivity contribution is 0.962. The first kappa shape index (κ1) is 9.81. The van der Waals surface area contributed by atoms with Crippen molar-refractivity contribution in [3.8, 4) is 0 Å². The van der Waals surface area contributed by atoms with Crippen molar-refractivity contribution >= 4 is 32.3 Å². The Hall–Kier alpha value is -1.39. The minimum atomic E-state index is 0.501. The maximum absolute atomic E-state index is 5.66. The molecule has 2 N–H and O–H groups in total. The Morgan fingerprint density at radius 2 is 2.12 bits per heavy atom. The van der Waals surface area contributed by atoms with Gasteiger partial charge in [-0.25, -0.2) is 4.98 Å². The monoisotopic (exact) mass is 275 g/mol. The van der Waals surface area contributed by atoms with Gasteiger partial charge in [-0.05, 0) is 12.1 Å². The second kappa shape index (κ2) is 3.57. The predicted molar refractivity (Wildman–Crippen MR) is 68.3 cm³/mol. The molecule has 0 aliphatic carbocycles. The largest absolute Gasteiger partial charge is 0.325 e. The van der Waals surface area contributed by atoms with Crippen molar-refractivity contribution < 1.29 is 0 Å². The summed E-state index contributed by atoms with van der Waals surface area (Å²) < 4.78 is 3.12. The van der Waals surface area contributed by atoms with Crippen LogP contribution in [0, 0.1) is 0 Å². The predicted octanol–water partition coefficient (Wildman–Crippen LogP) is 2.71. The highest BCUT2D eigenvalue weighted by atomic mass is 79.9. The van der Waals surface area contributed by atoms with E-state index in [1.807, 2.05) is 28.9 Å². The van der Waals surface area contributed by atoms with Crippen molar-refractivity contribution in [2.45, 2.75) is 6.54 Å². The molecule has 3 rings (SSSR count). The molecule has 0 aliphatic heterocycles. The molecule has 0 aliphatic rings. The summed E-state index contributed by atoms with van der Waals surface area (Å²) in [6.45, 7) is 0.501. The number of halogens is 1. The molecule has 0 saturated carbocycles. The number of benzene rings is 1. The van der Waals surface area contributed by atoms with Gasteiger partial charge in [0.15, 0.2) is 0 Å². The van der Waals surface area contributed by atoms with Crippen molar-refractivity contribution in [1.29, 1.82) is 0 Å². The van der Waals surface area contributed by atoms with E-state index in [1.165, 1.54) is 5.39 Å². The van der Waals surface area contributed by atoms with Crippen LogP contribution in [0.4, 0.5) is 0 Å². The molecule has 0 bridgehead atoms. The molecule has 1 aromatic carbocycles. The number of fused-ring (bicyclic) bond motifs is 3. The van der Waals surface area contributed by atoms with Crippen LogP contribution in [-0.4, -0.2) is 9.38 Å². The fourth-order valence-corrected chi connectivity index (χ4v) is 2.46. The van der Waals surface area contributed by atoms with E-state index in [2.05, 4.69) is 33.0 Å². The van der Waals surface area contributed by atoms with Gasteiger partial charge < -0.3 is 10.1 Å². The molecule has 0 saturated heterocycles. The molecule has 0 radical (unpaired) electrons. The maximum Gasteiger partial charge on any atom is 0.144 e. The van der Waals surface area contributed by atoms with Crippen molar-refractivity contribution in [3.63, 3.8) is 0 Å².